The number of aryl methyl sites for hydroxylation is 1. The van der Waals surface area contributed by atoms with Crippen molar-refractivity contribution in [3.05, 3.63) is 42.1 Å². The average Bonchev–Trinajstić information content (AvgIpc) is 2.18. The summed E-state index contributed by atoms with van der Waals surface area (Å²) in [5, 5.41) is 7.84. The Morgan fingerprint density at radius 1 is 1.21 bits per heavy atom. The standard InChI is InChI=1S/C11H11N3/c1-8-3-2-4-9(5-8)11-6-10(12)7-13-14-11/h2-7H,1H3,(H2,12,14). The summed E-state index contributed by atoms with van der Waals surface area (Å²) in [6.45, 7) is 2.04. The first-order valence-corrected chi connectivity index (χ1v) is 4.41. The molecule has 1 aromatic heterocycles. The van der Waals surface area contributed by atoms with Gasteiger partial charge in [0.25, 0.3) is 0 Å². The van der Waals surface area contributed by atoms with E-state index >= 15 is 0 Å². The molecule has 0 aliphatic carbocycles. The van der Waals surface area contributed by atoms with Crippen molar-refractivity contribution in [3.8, 4) is 11.3 Å². The summed E-state index contributed by atoms with van der Waals surface area (Å²) >= 11 is 0. The van der Waals surface area contributed by atoms with E-state index < -0.39 is 0 Å². The van der Waals surface area contributed by atoms with E-state index in [1.807, 2.05) is 31.2 Å². The first-order valence-electron chi connectivity index (χ1n) is 4.41. The molecule has 0 saturated carbocycles. The van der Waals surface area contributed by atoms with Crippen LogP contribution in [0, 0.1) is 6.92 Å². The molecule has 0 spiro atoms. The van der Waals surface area contributed by atoms with E-state index in [2.05, 4.69) is 16.3 Å². The Morgan fingerprint density at radius 2 is 2.07 bits per heavy atom. The summed E-state index contributed by atoms with van der Waals surface area (Å²) in [5.74, 6) is 0. The Kier molecular flexibility index (Phi) is 2.14. The first-order chi connectivity index (χ1) is 6.75. The first kappa shape index (κ1) is 8.69. The van der Waals surface area contributed by atoms with Crippen LogP contribution >= 0.6 is 0 Å². The second-order valence-corrected chi connectivity index (χ2v) is 3.24. The largest absolute Gasteiger partial charge is 0.397 e. The predicted octanol–water partition coefficient (Wildman–Crippen LogP) is 2.03. The minimum Gasteiger partial charge on any atom is -0.397 e. The van der Waals surface area contributed by atoms with Gasteiger partial charge in [-0.1, -0.05) is 23.8 Å². The van der Waals surface area contributed by atoms with E-state index in [-0.39, 0.29) is 0 Å². The third-order valence-electron chi connectivity index (χ3n) is 1.99. The second-order valence-electron chi connectivity index (χ2n) is 3.24. The van der Waals surface area contributed by atoms with Gasteiger partial charge in [-0.3, -0.25) is 0 Å². The molecule has 0 fully saturated rings. The maximum absolute atomic E-state index is 5.63. The predicted molar refractivity (Wildman–Crippen MR) is 56.6 cm³/mol. The molecular weight excluding hydrogens is 174 g/mol. The van der Waals surface area contributed by atoms with Crippen molar-refractivity contribution in [3.63, 3.8) is 0 Å². The number of nitrogens with two attached hydrogens (primary N) is 1. The van der Waals surface area contributed by atoms with Crippen LogP contribution in [-0.2, 0) is 0 Å². The lowest BCUT2D eigenvalue weighted by Crippen LogP contribution is -1.92. The van der Waals surface area contributed by atoms with Crippen molar-refractivity contribution in [1.82, 2.24) is 10.2 Å². The summed E-state index contributed by atoms with van der Waals surface area (Å²) in [5.41, 5.74) is 9.33. The number of nitrogens with zero attached hydrogens (tertiary/aromatic N) is 2. The van der Waals surface area contributed by atoms with Crippen molar-refractivity contribution in [2.75, 3.05) is 5.73 Å². The molecule has 0 saturated heterocycles. The zero-order valence-corrected chi connectivity index (χ0v) is 7.94. The van der Waals surface area contributed by atoms with Crippen molar-refractivity contribution in [2.24, 2.45) is 0 Å². The van der Waals surface area contributed by atoms with Crippen molar-refractivity contribution in [2.45, 2.75) is 6.92 Å². The summed E-state index contributed by atoms with van der Waals surface area (Å²) < 4.78 is 0. The zero-order chi connectivity index (χ0) is 9.97. The highest BCUT2D eigenvalue weighted by Gasteiger charge is 1.99. The molecule has 1 heterocycles. The number of anilines is 1. The molecular formula is C11H11N3. The summed E-state index contributed by atoms with van der Waals surface area (Å²) in [7, 11) is 0. The zero-order valence-electron chi connectivity index (χ0n) is 7.94. The van der Waals surface area contributed by atoms with Gasteiger partial charge in [0.15, 0.2) is 0 Å². The number of hydrogen-bond donors (Lipinski definition) is 1. The van der Waals surface area contributed by atoms with Gasteiger partial charge in [-0.15, -0.1) is 0 Å². The molecule has 3 heteroatoms. The quantitative estimate of drug-likeness (QED) is 0.739. The highest BCUT2D eigenvalue weighted by molar-refractivity contribution is 5.62. The van der Waals surface area contributed by atoms with E-state index in [0.717, 1.165) is 11.3 Å². The van der Waals surface area contributed by atoms with Gasteiger partial charge in [0, 0.05) is 5.56 Å². The van der Waals surface area contributed by atoms with Crippen LogP contribution in [0.3, 0.4) is 0 Å². The van der Waals surface area contributed by atoms with E-state index in [9.17, 15) is 0 Å². The highest BCUT2D eigenvalue weighted by atomic mass is 15.1. The lowest BCUT2D eigenvalue weighted by molar-refractivity contribution is 1.04. The van der Waals surface area contributed by atoms with Crippen LogP contribution in [0.2, 0.25) is 0 Å². The minimum absolute atomic E-state index is 0.636. The topological polar surface area (TPSA) is 51.8 Å². The molecule has 1 aromatic carbocycles. The normalized spacial score (nSPS) is 10.1. The SMILES string of the molecule is Cc1cccc(-c2cc(N)cnn2)c1. The fraction of sp³-hybridized carbons (Fsp3) is 0.0909. The van der Waals surface area contributed by atoms with E-state index in [1.165, 1.54) is 5.56 Å². The molecule has 2 aromatic rings. The maximum atomic E-state index is 5.63. The van der Waals surface area contributed by atoms with Gasteiger partial charge < -0.3 is 5.73 Å². The molecule has 0 unspecified atom stereocenters. The average molecular weight is 185 g/mol. The summed E-state index contributed by atoms with van der Waals surface area (Å²) in [4.78, 5) is 0. The van der Waals surface area contributed by atoms with Crippen LogP contribution in [0.5, 0.6) is 0 Å². The van der Waals surface area contributed by atoms with Crippen molar-refractivity contribution < 1.29 is 0 Å². The number of nitrogen functional groups attached to an aromatic ring is 1. The number of aromatic nitrogens is 2. The number of hydrogen-bond acceptors (Lipinski definition) is 3. The van der Waals surface area contributed by atoms with E-state index in [4.69, 9.17) is 5.73 Å². The Labute approximate surface area is 82.6 Å². The van der Waals surface area contributed by atoms with Gasteiger partial charge >= 0.3 is 0 Å². The molecule has 0 aliphatic rings. The smallest absolute Gasteiger partial charge is 0.0950 e. The number of benzene rings is 1. The van der Waals surface area contributed by atoms with E-state index in [0.29, 0.717) is 5.69 Å². The summed E-state index contributed by atoms with van der Waals surface area (Å²) in [6, 6.07) is 9.92. The Bertz CT molecular complexity index is 408. The Morgan fingerprint density at radius 3 is 2.79 bits per heavy atom. The third-order valence-corrected chi connectivity index (χ3v) is 1.99. The fourth-order valence-electron chi connectivity index (χ4n) is 1.33. The van der Waals surface area contributed by atoms with Gasteiger partial charge in [-0.05, 0) is 19.1 Å². The lowest BCUT2D eigenvalue weighted by atomic mass is 10.1. The Balaban J connectivity index is 2.49. The molecule has 2 N–H and O–H groups in total. The highest BCUT2D eigenvalue weighted by Crippen LogP contribution is 2.18. The molecule has 3 nitrogen and oxygen atoms in total. The third kappa shape index (κ3) is 1.71. The van der Waals surface area contributed by atoms with Crippen molar-refractivity contribution >= 4 is 5.69 Å². The van der Waals surface area contributed by atoms with Gasteiger partial charge in [-0.2, -0.15) is 10.2 Å². The molecule has 70 valence electrons. The van der Waals surface area contributed by atoms with Crippen molar-refractivity contribution in [1.29, 1.82) is 0 Å². The van der Waals surface area contributed by atoms with Crippen LogP contribution < -0.4 is 5.73 Å². The molecule has 0 radical (unpaired) electrons. The van der Waals surface area contributed by atoms with Crippen LogP contribution in [0.4, 0.5) is 5.69 Å². The molecule has 0 atom stereocenters. The molecule has 14 heavy (non-hydrogen) atoms. The van der Waals surface area contributed by atoms with Crippen LogP contribution in [0.15, 0.2) is 36.5 Å². The second kappa shape index (κ2) is 3.46. The Hall–Kier alpha value is -1.90. The van der Waals surface area contributed by atoms with Crippen LogP contribution in [0.25, 0.3) is 11.3 Å². The van der Waals surface area contributed by atoms with Crippen LogP contribution in [0.1, 0.15) is 5.56 Å². The van der Waals surface area contributed by atoms with Gasteiger partial charge in [0.05, 0.1) is 17.6 Å². The van der Waals surface area contributed by atoms with Crippen LogP contribution in [-0.4, -0.2) is 10.2 Å². The molecule has 2 rings (SSSR count). The van der Waals surface area contributed by atoms with Gasteiger partial charge in [0.1, 0.15) is 0 Å². The monoisotopic (exact) mass is 185 g/mol. The van der Waals surface area contributed by atoms with Gasteiger partial charge in [0.2, 0.25) is 0 Å². The number of rotatable bonds is 1. The van der Waals surface area contributed by atoms with Gasteiger partial charge in [-0.25, -0.2) is 0 Å². The van der Waals surface area contributed by atoms with E-state index in [1.54, 1.807) is 6.20 Å². The lowest BCUT2D eigenvalue weighted by Gasteiger charge is -2.01. The fourth-order valence-corrected chi connectivity index (χ4v) is 1.33. The molecule has 0 amide bonds. The molecule has 0 bridgehead atoms. The minimum atomic E-state index is 0.636. The summed E-state index contributed by atoms with van der Waals surface area (Å²) in [6.07, 6.45) is 1.54. The molecule has 0 aliphatic heterocycles. The maximum Gasteiger partial charge on any atom is 0.0950 e.